The molecule has 0 radical (unpaired) electrons. The van der Waals surface area contributed by atoms with Crippen LogP contribution in [0.4, 0.5) is 5.69 Å². The van der Waals surface area contributed by atoms with Crippen LogP contribution in [-0.2, 0) is 16.1 Å². The molecule has 4 rings (SSSR count). The molecule has 208 valence electrons. The number of anilines is 1. The van der Waals surface area contributed by atoms with Gasteiger partial charge in [-0.15, -0.1) is 22.0 Å². The van der Waals surface area contributed by atoms with E-state index in [0.29, 0.717) is 25.5 Å². The van der Waals surface area contributed by atoms with E-state index in [2.05, 4.69) is 60.1 Å². The number of methoxy groups -OCH3 is 1. The maximum Gasteiger partial charge on any atom is 0.311 e. The van der Waals surface area contributed by atoms with Crippen molar-refractivity contribution in [3.63, 3.8) is 0 Å². The van der Waals surface area contributed by atoms with Crippen molar-refractivity contribution in [1.29, 1.82) is 0 Å². The van der Waals surface area contributed by atoms with Crippen LogP contribution in [0, 0.1) is 5.41 Å². The normalized spacial score (nSPS) is 17.2. The fourth-order valence-corrected chi connectivity index (χ4v) is 6.49. The number of carbonyl (C=O) groups is 1. The number of nitrogens with zero attached hydrogens (tertiary/aromatic N) is 3. The van der Waals surface area contributed by atoms with Crippen molar-refractivity contribution in [2.75, 3.05) is 18.6 Å². The summed E-state index contributed by atoms with van der Waals surface area (Å²) in [5.41, 5.74) is 4.41. The molecule has 0 amide bonds. The molecule has 1 aromatic heterocycles. The highest BCUT2D eigenvalue weighted by atomic mass is 32.2. The summed E-state index contributed by atoms with van der Waals surface area (Å²) in [5, 5.41) is 18.8. The third kappa shape index (κ3) is 6.67. The van der Waals surface area contributed by atoms with Crippen LogP contribution in [0.5, 0.6) is 11.6 Å². The Morgan fingerprint density at radius 1 is 1.03 bits per heavy atom. The zero-order valence-electron chi connectivity index (χ0n) is 23.9. The number of ether oxygens (including phenoxy) is 2. The minimum atomic E-state index is -0.670. The number of aromatic nitrogens is 2. The first kappa shape index (κ1) is 28.7. The van der Waals surface area contributed by atoms with Crippen molar-refractivity contribution in [2.24, 2.45) is 5.41 Å². The highest BCUT2D eigenvalue weighted by Gasteiger charge is 2.45. The third-order valence-corrected chi connectivity index (χ3v) is 8.39. The highest BCUT2D eigenvalue weighted by molar-refractivity contribution is 8.00. The summed E-state index contributed by atoms with van der Waals surface area (Å²) in [7, 11) is 1.57. The Morgan fingerprint density at radius 2 is 1.74 bits per heavy atom. The lowest BCUT2D eigenvalue weighted by Crippen LogP contribution is -2.40. The van der Waals surface area contributed by atoms with Gasteiger partial charge in [-0.2, -0.15) is 0 Å². The van der Waals surface area contributed by atoms with Gasteiger partial charge in [0.2, 0.25) is 5.88 Å². The zero-order chi connectivity index (χ0) is 28.4. The summed E-state index contributed by atoms with van der Waals surface area (Å²) in [6.07, 6.45) is 0.620. The molecule has 0 fully saturated rings. The quantitative estimate of drug-likeness (QED) is 0.292. The van der Waals surface area contributed by atoms with E-state index in [0.717, 1.165) is 28.1 Å². The van der Waals surface area contributed by atoms with Crippen molar-refractivity contribution in [2.45, 2.75) is 70.5 Å². The number of esters is 1. The van der Waals surface area contributed by atoms with E-state index in [4.69, 9.17) is 9.47 Å². The molecule has 1 aliphatic heterocycles. The molecule has 0 saturated heterocycles. The molecule has 0 saturated carbocycles. The number of fused-ring (bicyclic) bond motifs is 1. The van der Waals surface area contributed by atoms with E-state index in [-0.39, 0.29) is 27.8 Å². The molecule has 7 nitrogen and oxygen atoms in total. The number of thioether (sulfide) groups is 1. The molecule has 3 aromatic rings. The molecule has 2 heterocycles. The van der Waals surface area contributed by atoms with E-state index in [1.165, 1.54) is 0 Å². The Kier molecular flexibility index (Phi) is 8.45. The topological polar surface area (TPSA) is 84.8 Å². The first-order chi connectivity index (χ1) is 18.4. The molecular weight excluding hydrogens is 510 g/mol. The Labute approximate surface area is 235 Å². The second-order valence-corrected chi connectivity index (χ2v) is 13.5. The average Bonchev–Trinajstić information content (AvgIpc) is 3.14. The minimum absolute atomic E-state index is 0.0171. The summed E-state index contributed by atoms with van der Waals surface area (Å²) >= 11 is 1.88. The van der Waals surface area contributed by atoms with Crippen LogP contribution in [0.25, 0.3) is 11.3 Å². The molecule has 8 heteroatoms. The fourth-order valence-electron chi connectivity index (χ4n) is 5.02. The minimum Gasteiger partial charge on any atom is -0.508 e. The number of benzene rings is 2. The van der Waals surface area contributed by atoms with E-state index < -0.39 is 5.41 Å². The van der Waals surface area contributed by atoms with Gasteiger partial charge in [-0.3, -0.25) is 4.79 Å². The largest absolute Gasteiger partial charge is 0.508 e. The van der Waals surface area contributed by atoms with Crippen molar-refractivity contribution < 1.29 is 19.4 Å². The maximum absolute atomic E-state index is 12.9. The Balaban J connectivity index is 1.68. The third-order valence-electron chi connectivity index (χ3n) is 6.86. The molecule has 0 spiro atoms. The van der Waals surface area contributed by atoms with Gasteiger partial charge in [0, 0.05) is 34.7 Å². The van der Waals surface area contributed by atoms with Crippen molar-refractivity contribution in [1.82, 2.24) is 10.2 Å². The molecule has 0 bridgehead atoms. The van der Waals surface area contributed by atoms with Crippen molar-refractivity contribution >= 4 is 23.4 Å². The maximum atomic E-state index is 12.9. The molecule has 0 aliphatic carbocycles. The van der Waals surface area contributed by atoms with Gasteiger partial charge < -0.3 is 19.5 Å². The van der Waals surface area contributed by atoms with E-state index in [1.807, 2.05) is 50.7 Å². The Morgan fingerprint density at radius 3 is 2.33 bits per heavy atom. The average molecular weight is 550 g/mol. The Hall–Kier alpha value is -3.26. The number of carbonyl (C=O) groups excluding carboxylic acids is 1. The van der Waals surface area contributed by atoms with Gasteiger partial charge in [0.25, 0.3) is 0 Å². The van der Waals surface area contributed by atoms with Gasteiger partial charge >= 0.3 is 5.97 Å². The molecule has 39 heavy (non-hydrogen) atoms. The SMILES string of the molecule is CCOC(=O)C(C)(C)CC1C(SC(C)(C)C)c2cc(O)ccc2N1Cc1ccc(-c2ccc(OC)nn2)cc1. The zero-order valence-corrected chi connectivity index (χ0v) is 24.7. The van der Waals surface area contributed by atoms with Crippen LogP contribution in [0.1, 0.15) is 64.3 Å². The lowest BCUT2D eigenvalue weighted by atomic mass is 9.84. The van der Waals surface area contributed by atoms with Gasteiger partial charge in [0.15, 0.2) is 0 Å². The van der Waals surface area contributed by atoms with Gasteiger partial charge in [0.05, 0.1) is 30.1 Å². The second-order valence-electron chi connectivity index (χ2n) is 11.6. The number of aromatic hydroxyl groups is 1. The van der Waals surface area contributed by atoms with Gasteiger partial charge in [-0.1, -0.05) is 45.0 Å². The monoisotopic (exact) mass is 549 g/mol. The summed E-state index contributed by atoms with van der Waals surface area (Å²) in [4.78, 5) is 15.3. The van der Waals surface area contributed by atoms with Crippen LogP contribution in [0.2, 0.25) is 0 Å². The van der Waals surface area contributed by atoms with Crippen LogP contribution in [-0.4, -0.2) is 45.8 Å². The van der Waals surface area contributed by atoms with E-state index in [9.17, 15) is 9.90 Å². The van der Waals surface area contributed by atoms with Crippen LogP contribution in [0.15, 0.2) is 54.6 Å². The summed E-state index contributed by atoms with van der Waals surface area (Å²) in [6.45, 7) is 13.4. The highest BCUT2D eigenvalue weighted by Crippen LogP contribution is 2.54. The summed E-state index contributed by atoms with van der Waals surface area (Å²) in [6, 6.07) is 17.7. The predicted octanol–water partition coefficient (Wildman–Crippen LogP) is 6.80. The first-order valence-corrected chi connectivity index (χ1v) is 14.2. The lowest BCUT2D eigenvalue weighted by Gasteiger charge is -2.37. The van der Waals surface area contributed by atoms with Crippen LogP contribution >= 0.6 is 11.8 Å². The molecule has 2 aromatic carbocycles. The summed E-state index contributed by atoms with van der Waals surface area (Å²) in [5.74, 6) is 0.547. The van der Waals surface area contributed by atoms with Crippen molar-refractivity contribution in [3.05, 3.63) is 65.7 Å². The fraction of sp³-hybridized carbons (Fsp3) is 0.452. The number of hydrogen-bond acceptors (Lipinski definition) is 8. The molecule has 1 aliphatic rings. The molecule has 1 N–H and O–H groups in total. The Bertz CT molecular complexity index is 1290. The second kappa shape index (κ2) is 11.5. The predicted molar refractivity (Wildman–Crippen MR) is 157 cm³/mol. The molecule has 2 unspecified atom stereocenters. The summed E-state index contributed by atoms with van der Waals surface area (Å²) < 4.78 is 10.6. The molecule has 2 atom stereocenters. The van der Waals surface area contributed by atoms with E-state index in [1.54, 1.807) is 19.2 Å². The van der Waals surface area contributed by atoms with Gasteiger partial charge in [-0.05, 0) is 62.6 Å². The molecular formula is C31H39N3O4S. The number of rotatable bonds is 9. The van der Waals surface area contributed by atoms with Gasteiger partial charge in [0.1, 0.15) is 5.75 Å². The van der Waals surface area contributed by atoms with Crippen LogP contribution in [0.3, 0.4) is 0 Å². The number of phenols is 1. The lowest BCUT2D eigenvalue weighted by molar-refractivity contribution is -0.154. The van der Waals surface area contributed by atoms with Gasteiger partial charge in [-0.25, -0.2) is 0 Å². The van der Waals surface area contributed by atoms with E-state index >= 15 is 0 Å². The first-order valence-electron chi connectivity index (χ1n) is 13.3. The van der Waals surface area contributed by atoms with Crippen molar-refractivity contribution in [3.8, 4) is 22.9 Å². The van der Waals surface area contributed by atoms with Crippen LogP contribution < -0.4 is 9.64 Å². The number of hydrogen-bond donors (Lipinski definition) is 1. The smallest absolute Gasteiger partial charge is 0.311 e. The number of phenolic OH excluding ortho intramolecular Hbond substituents is 1. The standard InChI is InChI=1S/C31H39N3O4S/c1-8-38-29(36)31(5,6)18-26-28(39-30(2,3)4)23-17-22(35)13-15-25(23)34(26)19-20-9-11-21(12-10-20)24-14-16-27(37-7)33-32-24/h9-17,26,28,35H,8,18-19H2,1-7H3.